The van der Waals surface area contributed by atoms with Crippen molar-refractivity contribution in [2.75, 3.05) is 26.2 Å². The van der Waals surface area contributed by atoms with Gasteiger partial charge in [0.25, 0.3) is 5.91 Å². The average molecular weight is 311 g/mol. The molecule has 0 saturated carbocycles. The van der Waals surface area contributed by atoms with Crippen LogP contribution in [-0.4, -0.2) is 37.1 Å². The Morgan fingerprint density at radius 2 is 1.78 bits per heavy atom. The highest BCUT2D eigenvalue weighted by molar-refractivity contribution is 6.36. The molecule has 0 radical (unpaired) electrons. The Hall–Kier alpha value is -2.89. The van der Waals surface area contributed by atoms with Gasteiger partial charge in [0.1, 0.15) is 6.33 Å². The predicted molar refractivity (Wildman–Crippen MR) is 87.6 cm³/mol. The number of carbonyl (C=O) groups excluding carboxylic acids is 1. The number of carbonyl (C=O) groups is 1. The van der Waals surface area contributed by atoms with Crippen LogP contribution in [-0.2, 0) is 4.79 Å². The summed E-state index contributed by atoms with van der Waals surface area (Å²) in [5.74, 6) is 0.643. The van der Waals surface area contributed by atoms with Gasteiger partial charge in [-0.25, -0.2) is 9.97 Å². The molecule has 0 aliphatic carbocycles. The number of hydrogen-bond acceptors (Lipinski definition) is 5. The lowest BCUT2D eigenvalue weighted by Gasteiger charge is -2.11. The second-order valence-electron chi connectivity index (χ2n) is 5.20. The smallest absolute Gasteiger partial charge is 0.258 e. The summed E-state index contributed by atoms with van der Waals surface area (Å²) in [6.45, 7) is 1.98. The first-order chi connectivity index (χ1) is 11.1. The third-order valence-corrected chi connectivity index (χ3v) is 3.88. The number of rotatable bonds is 3. The van der Waals surface area contributed by atoms with Gasteiger partial charge in [0.05, 0.1) is 31.0 Å². The normalized spacial score (nSPS) is 15.0. The molecule has 118 valence electrons. The first-order valence-electron chi connectivity index (χ1n) is 7.11. The molecule has 6 heteroatoms. The molecule has 0 saturated heterocycles. The van der Waals surface area contributed by atoms with Gasteiger partial charge in [-0.1, -0.05) is 18.2 Å². The van der Waals surface area contributed by atoms with E-state index in [1.807, 2.05) is 25.1 Å². The van der Waals surface area contributed by atoms with Crippen molar-refractivity contribution in [1.29, 1.82) is 0 Å². The number of para-hydroxylation sites is 1. The van der Waals surface area contributed by atoms with E-state index in [9.17, 15) is 4.79 Å². The van der Waals surface area contributed by atoms with Gasteiger partial charge in [-0.15, -0.1) is 0 Å². The van der Waals surface area contributed by atoms with E-state index in [0.717, 1.165) is 16.8 Å². The number of fused-ring (bicyclic) bond motifs is 1. The fourth-order valence-corrected chi connectivity index (χ4v) is 2.82. The molecule has 2 aromatic rings. The standard InChI is InChI=1S/C17H17N3O3/c1-10-6-5-7-11-12(17(21)20(2)14(10)11)8-13-15(22-3)18-9-19-16(13)23-4/h5-9H,1-4H3/b12-8-. The topological polar surface area (TPSA) is 64.6 Å². The maximum Gasteiger partial charge on any atom is 0.258 e. The highest BCUT2D eigenvalue weighted by Crippen LogP contribution is 2.40. The van der Waals surface area contributed by atoms with Crippen LogP contribution < -0.4 is 14.4 Å². The van der Waals surface area contributed by atoms with E-state index in [2.05, 4.69) is 9.97 Å². The zero-order valence-electron chi connectivity index (χ0n) is 13.5. The molecular formula is C17H17N3O3. The third kappa shape index (κ3) is 2.32. The number of ether oxygens (including phenoxy) is 2. The first-order valence-corrected chi connectivity index (χ1v) is 7.11. The van der Waals surface area contributed by atoms with Gasteiger partial charge in [0, 0.05) is 12.6 Å². The van der Waals surface area contributed by atoms with Crippen LogP contribution in [0.15, 0.2) is 24.5 Å². The van der Waals surface area contributed by atoms with Crippen molar-refractivity contribution in [3.05, 3.63) is 41.2 Å². The molecule has 0 atom stereocenters. The highest BCUT2D eigenvalue weighted by atomic mass is 16.5. The Labute approximate surface area is 134 Å². The van der Waals surface area contributed by atoms with Gasteiger partial charge in [-0.2, -0.15) is 0 Å². The fraction of sp³-hybridized carbons (Fsp3) is 0.235. The summed E-state index contributed by atoms with van der Waals surface area (Å²) in [6, 6.07) is 5.85. The number of benzene rings is 1. The minimum absolute atomic E-state index is 0.0812. The molecule has 1 aromatic heterocycles. The number of amides is 1. The second kappa shape index (κ2) is 5.72. The maximum absolute atomic E-state index is 12.7. The van der Waals surface area contributed by atoms with Gasteiger partial charge in [-0.05, 0) is 18.6 Å². The Bertz CT molecular complexity index is 792. The zero-order valence-corrected chi connectivity index (χ0v) is 13.5. The summed E-state index contributed by atoms with van der Waals surface area (Å²) in [4.78, 5) is 22.5. The first kappa shape index (κ1) is 15.0. The van der Waals surface area contributed by atoms with Crippen molar-refractivity contribution in [2.24, 2.45) is 0 Å². The van der Waals surface area contributed by atoms with Gasteiger partial charge in [0.2, 0.25) is 11.8 Å². The fourth-order valence-electron chi connectivity index (χ4n) is 2.82. The van der Waals surface area contributed by atoms with Crippen LogP contribution in [0.1, 0.15) is 16.7 Å². The van der Waals surface area contributed by atoms with Crippen molar-refractivity contribution in [1.82, 2.24) is 9.97 Å². The van der Waals surface area contributed by atoms with Crippen LogP contribution >= 0.6 is 0 Å². The van der Waals surface area contributed by atoms with Crippen LogP contribution in [0.4, 0.5) is 5.69 Å². The summed E-state index contributed by atoms with van der Waals surface area (Å²) < 4.78 is 10.5. The monoisotopic (exact) mass is 311 g/mol. The Morgan fingerprint density at radius 1 is 1.13 bits per heavy atom. The van der Waals surface area contributed by atoms with E-state index < -0.39 is 0 Å². The summed E-state index contributed by atoms with van der Waals surface area (Å²) in [5.41, 5.74) is 3.95. The molecule has 1 amide bonds. The van der Waals surface area contributed by atoms with Crippen molar-refractivity contribution < 1.29 is 14.3 Å². The van der Waals surface area contributed by atoms with Gasteiger partial charge >= 0.3 is 0 Å². The van der Waals surface area contributed by atoms with E-state index in [1.54, 1.807) is 18.0 Å². The van der Waals surface area contributed by atoms with E-state index in [-0.39, 0.29) is 5.91 Å². The Morgan fingerprint density at radius 3 is 2.39 bits per heavy atom. The van der Waals surface area contributed by atoms with E-state index in [1.165, 1.54) is 20.5 Å². The summed E-state index contributed by atoms with van der Waals surface area (Å²) in [7, 11) is 4.81. The summed E-state index contributed by atoms with van der Waals surface area (Å²) in [6.07, 6.45) is 3.09. The van der Waals surface area contributed by atoms with Crippen LogP contribution in [0.5, 0.6) is 11.8 Å². The van der Waals surface area contributed by atoms with Crippen LogP contribution in [0.3, 0.4) is 0 Å². The lowest BCUT2D eigenvalue weighted by molar-refractivity contribution is -0.112. The lowest BCUT2D eigenvalue weighted by Crippen LogP contribution is -2.20. The lowest BCUT2D eigenvalue weighted by atomic mass is 10.0. The SMILES string of the molecule is COc1ncnc(OC)c1/C=C1\C(=O)N(C)c2c(C)cccc21. The van der Waals surface area contributed by atoms with Crippen molar-refractivity contribution in [2.45, 2.75) is 6.92 Å². The van der Waals surface area contributed by atoms with Gasteiger partial charge in [0.15, 0.2) is 0 Å². The minimum atomic E-state index is -0.0812. The molecular weight excluding hydrogens is 294 g/mol. The molecule has 1 aromatic carbocycles. The van der Waals surface area contributed by atoms with E-state index in [4.69, 9.17) is 9.47 Å². The molecule has 0 fully saturated rings. The number of hydrogen-bond donors (Lipinski definition) is 0. The van der Waals surface area contributed by atoms with Gasteiger partial charge < -0.3 is 14.4 Å². The third-order valence-electron chi connectivity index (χ3n) is 3.88. The zero-order chi connectivity index (χ0) is 16.6. The Kier molecular flexibility index (Phi) is 3.73. The van der Waals surface area contributed by atoms with Crippen LogP contribution in [0.25, 0.3) is 11.6 Å². The van der Waals surface area contributed by atoms with Crippen LogP contribution in [0.2, 0.25) is 0 Å². The second-order valence-corrected chi connectivity index (χ2v) is 5.20. The number of aryl methyl sites for hydroxylation is 1. The summed E-state index contributed by atoms with van der Waals surface area (Å²) >= 11 is 0. The molecule has 1 aliphatic rings. The highest BCUT2D eigenvalue weighted by Gasteiger charge is 2.31. The van der Waals surface area contributed by atoms with Crippen molar-refractivity contribution in [3.63, 3.8) is 0 Å². The molecule has 23 heavy (non-hydrogen) atoms. The number of nitrogens with zero attached hydrogens (tertiary/aromatic N) is 3. The molecule has 3 rings (SSSR count). The molecule has 0 N–H and O–H groups in total. The molecule has 6 nitrogen and oxygen atoms in total. The molecule has 0 unspecified atom stereocenters. The average Bonchev–Trinajstić information content (AvgIpc) is 2.81. The number of aromatic nitrogens is 2. The maximum atomic E-state index is 12.7. The quantitative estimate of drug-likeness (QED) is 0.814. The Balaban J connectivity index is 2.23. The number of methoxy groups -OCH3 is 2. The number of likely N-dealkylation sites (N-methyl/N-ethyl adjacent to an activating group) is 1. The van der Waals surface area contributed by atoms with Gasteiger partial charge in [-0.3, -0.25) is 4.79 Å². The van der Waals surface area contributed by atoms with Crippen molar-refractivity contribution in [3.8, 4) is 11.8 Å². The van der Waals surface area contributed by atoms with E-state index in [0.29, 0.717) is 22.9 Å². The van der Waals surface area contributed by atoms with Crippen molar-refractivity contribution >= 4 is 23.2 Å². The molecule has 1 aliphatic heterocycles. The number of anilines is 1. The molecule has 0 bridgehead atoms. The largest absolute Gasteiger partial charge is 0.480 e. The molecule has 0 spiro atoms. The predicted octanol–water partition coefficient (Wildman–Crippen LogP) is 2.32. The summed E-state index contributed by atoms with van der Waals surface area (Å²) in [5, 5.41) is 0. The molecule has 2 heterocycles. The van der Waals surface area contributed by atoms with Crippen LogP contribution in [0, 0.1) is 6.92 Å². The minimum Gasteiger partial charge on any atom is -0.480 e. The van der Waals surface area contributed by atoms with E-state index >= 15 is 0 Å².